The number of nitrogens with zero attached hydrogens (tertiary/aromatic N) is 1. The summed E-state index contributed by atoms with van der Waals surface area (Å²) in [6, 6.07) is 11.7. The largest absolute Gasteiger partial charge is 0.454 e. The van der Waals surface area contributed by atoms with Crippen LogP contribution in [0.3, 0.4) is 0 Å². The summed E-state index contributed by atoms with van der Waals surface area (Å²) in [6.45, 7) is 0. The Hall–Kier alpha value is -2.29. The first-order chi connectivity index (χ1) is 17.4. The van der Waals surface area contributed by atoms with Crippen molar-refractivity contribution in [2.45, 2.75) is 120 Å². The summed E-state index contributed by atoms with van der Waals surface area (Å²) >= 11 is 0. The average Bonchev–Trinajstić information content (AvgIpc) is 3.49. The van der Waals surface area contributed by atoms with Crippen molar-refractivity contribution in [1.82, 2.24) is 4.98 Å². The minimum atomic E-state index is -0.423. The van der Waals surface area contributed by atoms with Gasteiger partial charge in [-0.3, -0.25) is 0 Å². The van der Waals surface area contributed by atoms with Crippen LogP contribution in [0.1, 0.15) is 143 Å². The predicted molar refractivity (Wildman–Crippen MR) is 141 cm³/mol. The van der Waals surface area contributed by atoms with Crippen molar-refractivity contribution >= 4 is 0 Å². The molecular formula is C32H41NO2. The van der Waals surface area contributed by atoms with Crippen LogP contribution in [-0.4, -0.2) is 4.98 Å². The number of hydrogen-bond acceptors (Lipinski definition) is 3. The highest BCUT2D eigenvalue weighted by Crippen LogP contribution is 2.47. The Labute approximate surface area is 211 Å². The highest BCUT2D eigenvalue weighted by molar-refractivity contribution is 5.71. The fourth-order valence-corrected chi connectivity index (χ4v) is 7.25. The predicted octanol–water partition coefficient (Wildman–Crippen LogP) is 9.41. The van der Waals surface area contributed by atoms with Gasteiger partial charge in [-0.15, -0.1) is 0 Å². The van der Waals surface area contributed by atoms with E-state index in [1.54, 1.807) is 29.2 Å². The minimum Gasteiger partial charge on any atom is -0.454 e. The molecule has 0 radical (unpaired) electrons. The lowest BCUT2D eigenvalue weighted by Crippen LogP contribution is -2.15. The lowest BCUT2D eigenvalue weighted by atomic mass is 9.73. The van der Waals surface area contributed by atoms with Crippen LogP contribution in [0.5, 0.6) is 0 Å². The van der Waals surface area contributed by atoms with Crippen molar-refractivity contribution in [3.63, 3.8) is 0 Å². The first-order valence-electron chi connectivity index (χ1n) is 14.5. The monoisotopic (exact) mass is 471 g/mol. The second-order valence-corrected chi connectivity index (χ2v) is 11.4. The summed E-state index contributed by atoms with van der Waals surface area (Å²) in [6.07, 6.45) is 23.3. The molecule has 1 aliphatic heterocycles. The topological polar surface area (TPSA) is 31.4 Å². The number of hydrogen-bond donors (Lipinski definition) is 0. The Bertz CT molecular complexity index is 979. The fraction of sp³-hybridized carbons (Fsp3) is 0.594. The molecule has 35 heavy (non-hydrogen) atoms. The Morgan fingerprint density at radius 2 is 1.11 bits per heavy atom. The van der Waals surface area contributed by atoms with Crippen LogP contribution in [0.25, 0.3) is 11.3 Å². The maximum Gasteiger partial charge on any atom is 0.283 e. The average molecular weight is 472 g/mol. The van der Waals surface area contributed by atoms with Gasteiger partial charge >= 0.3 is 0 Å². The molecule has 1 aromatic carbocycles. The summed E-state index contributed by atoms with van der Waals surface area (Å²) in [5.74, 6) is 2.07. The van der Waals surface area contributed by atoms with Crippen molar-refractivity contribution in [2.24, 2.45) is 0 Å². The van der Waals surface area contributed by atoms with Crippen molar-refractivity contribution in [3.05, 3.63) is 65.2 Å². The summed E-state index contributed by atoms with van der Waals surface area (Å²) in [5, 5.41) is 0. The minimum absolute atomic E-state index is 0.423. The number of pyridine rings is 1. The molecule has 3 heteroatoms. The van der Waals surface area contributed by atoms with Gasteiger partial charge in [0, 0.05) is 5.56 Å². The Morgan fingerprint density at radius 3 is 1.66 bits per heavy atom. The second-order valence-electron chi connectivity index (χ2n) is 11.4. The molecule has 1 aromatic heterocycles. The van der Waals surface area contributed by atoms with E-state index in [9.17, 15) is 0 Å². The Kier molecular flexibility index (Phi) is 7.11. The van der Waals surface area contributed by atoms with E-state index in [2.05, 4.69) is 24.3 Å². The van der Waals surface area contributed by atoms with Crippen LogP contribution in [-0.2, 0) is 9.47 Å². The number of benzene rings is 1. The van der Waals surface area contributed by atoms with E-state index >= 15 is 0 Å². The van der Waals surface area contributed by atoms with E-state index in [1.165, 1.54) is 102 Å². The molecule has 0 bridgehead atoms. The van der Waals surface area contributed by atoms with Gasteiger partial charge in [0.1, 0.15) is 18.2 Å². The Morgan fingerprint density at radius 1 is 0.600 bits per heavy atom. The van der Waals surface area contributed by atoms with Crippen LogP contribution >= 0.6 is 0 Å². The van der Waals surface area contributed by atoms with E-state index in [4.69, 9.17) is 14.5 Å². The molecule has 0 saturated heterocycles. The maximum absolute atomic E-state index is 5.66. The van der Waals surface area contributed by atoms with Crippen molar-refractivity contribution in [1.29, 1.82) is 0 Å². The van der Waals surface area contributed by atoms with Gasteiger partial charge in [0.25, 0.3) is 6.29 Å². The van der Waals surface area contributed by atoms with Crippen LogP contribution in [0.15, 0.2) is 42.9 Å². The van der Waals surface area contributed by atoms with Gasteiger partial charge in [0.05, 0.1) is 5.69 Å². The highest BCUT2D eigenvalue weighted by atomic mass is 16.7. The quantitative estimate of drug-likeness (QED) is 0.435. The molecule has 0 amide bonds. The molecular weight excluding hydrogens is 430 g/mol. The molecule has 6 rings (SSSR count). The first kappa shape index (κ1) is 23.1. The molecule has 4 aliphatic rings. The van der Waals surface area contributed by atoms with Gasteiger partial charge in [-0.25, -0.2) is 4.98 Å². The van der Waals surface area contributed by atoms with Crippen molar-refractivity contribution in [3.8, 4) is 11.3 Å². The summed E-state index contributed by atoms with van der Waals surface area (Å²) in [4.78, 5) is 5.19. The maximum atomic E-state index is 5.66. The number of ether oxygens (including phenoxy) is 2. The van der Waals surface area contributed by atoms with E-state index in [-0.39, 0.29) is 0 Å². The molecule has 186 valence electrons. The van der Waals surface area contributed by atoms with Crippen LogP contribution in [0.4, 0.5) is 0 Å². The molecule has 0 unspecified atom stereocenters. The SMILES string of the molecule is C1=COC(c2cccc(-c3c(C4CCCCC4)cc(C4CCCCC4)cc3C3CCCCC3)n2)O1. The van der Waals surface area contributed by atoms with Gasteiger partial charge in [-0.2, -0.15) is 0 Å². The highest BCUT2D eigenvalue weighted by Gasteiger charge is 2.29. The molecule has 3 nitrogen and oxygen atoms in total. The normalized spacial score (nSPS) is 22.7. The van der Waals surface area contributed by atoms with E-state index < -0.39 is 6.29 Å². The van der Waals surface area contributed by atoms with Crippen molar-refractivity contribution in [2.75, 3.05) is 0 Å². The zero-order valence-electron chi connectivity index (χ0n) is 21.2. The van der Waals surface area contributed by atoms with Gasteiger partial charge in [0.15, 0.2) is 0 Å². The van der Waals surface area contributed by atoms with Crippen LogP contribution < -0.4 is 0 Å². The lowest BCUT2D eigenvalue weighted by molar-refractivity contribution is -0.0278. The van der Waals surface area contributed by atoms with Crippen LogP contribution in [0, 0.1) is 0 Å². The smallest absolute Gasteiger partial charge is 0.283 e. The summed E-state index contributed by atoms with van der Waals surface area (Å²) in [5.41, 5.74) is 8.29. The zero-order valence-corrected chi connectivity index (χ0v) is 21.2. The summed E-state index contributed by atoms with van der Waals surface area (Å²) in [7, 11) is 0. The van der Waals surface area contributed by atoms with E-state index in [0.717, 1.165) is 17.3 Å². The third-order valence-corrected chi connectivity index (χ3v) is 9.12. The van der Waals surface area contributed by atoms with E-state index in [1.807, 2.05) is 6.07 Å². The van der Waals surface area contributed by atoms with Crippen LogP contribution in [0.2, 0.25) is 0 Å². The molecule has 0 atom stereocenters. The van der Waals surface area contributed by atoms with Crippen molar-refractivity contribution < 1.29 is 9.47 Å². The van der Waals surface area contributed by atoms with Gasteiger partial charge in [0.2, 0.25) is 0 Å². The molecule has 0 spiro atoms. The molecule has 0 N–H and O–H groups in total. The van der Waals surface area contributed by atoms with Gasteiger partial charge in [-0.1, -0.05) is 76.0 Å². The Balaban J connectivity index is 1.50. The number of aromatic nitrogens is 1. The lowest BCUT2D eigenvalue weighted by Gasteiger charge is -2.32. The molecule has 3 saturated carbocycles. The first-order valence-corrected chi connectivity index (χ1v) is 14.5. The standard InChI is InChI=1S/C32H41NO2/c1-4-11-23(12-5-1)26-21-27(24-13-6-2-7-14-24)31(28(22-26)25-15-8-3-9-16-25)29-17-10-18-30(33-29)32-34-19-20-35-32/h10,17-25,32H,1-9,11-16H2. The fourth-order valence-electron chi connectivity index (χ4n) is 7.25. The molecule has 3 aliphatic carbocycles. The van der Waals surface area contributed by atoms with Gasteiger partial charge in [-0.05, 0) is 85.1 Å². The third-order valence-electron chi connectivity index (χ3n) is 9.12. The zero-order chi connectivity index (χ0) is 23.5. The molecule has 3 fully saturated rings. The van der Waals surface area contributed by atoms with Gasteiger partial charge < -0.3 is 9.47 Å². The third kappa shape index (κ3) is 5.01. The molecule has 2 heterocycles. The second kappa shape index (κ2) is 10.8. The number of rotatable bonds is 5. The van der Waals surface area contributed by atoms with E-state index in [0.29, 0.717) is 11.8 Å². The summed E-state index contributed by atoms with van der Waals surface area (Å²) < 4.78 is 11.3. The molecule has 2 aromatic rings.